The lowest BCUT2D eigenvalue weighted by molar-refractivity contribution is -0.922. The number of hydrogen-bond acceptors (Lipinski definition) is 4. The molecule has 0 heterocycles. The highest BCUT2D eigenvalue weighted by Crippen LogP contribution is 2.37. The first-order chi connectivity index (χ1) is 14.2. The van der Waals surface area contributed by atoms with E-state index in [1.165, 1.54) is 0 Å². The van der Waals surface area contributed by atoms with E-state index in [1.807, 2.05) is 49.5 Å². The average Bonchev–Trinajstić information content (AvgIpc) is 2.73. The van der Waals surface area contributed by atoms with Crippen LogP contribution >= 0.6 is 0 Å². The Labute approximate surface area is 180 Å². The highest BCUT2D eigenvalue weighted by Gasteiger charge is 2.41. The van der Waals surface area contributed by atoms with E-state index in [0.29, 0.717) is 28.3 Å². The van der Waals surface area contributed by atoms with Crippen LogP contribution in [-0.2, 0) is 11.3 Å². The van der Waals surface area contributed by atoms with E-state index in [9.17, 15) is 4.79 Å². The summed E-state index contributed by atoms with van der Waals surface area (Å²) in [5.74, 6) is 2.24. The van der Waals surface area contributed by atoms with E-state index in [1.54, 1.807) is 26.2 Å². The van der Waals surface area contributed by atoms with Crippen molar-refractivity contribution in [1.82, 2.24) is 0 Å². The number of methoxy groups -OCH3 is 3. The third kappa shape index (κ3) is 5.05. The fourth-order valence-corrected chi connectivity index (χ4v) is 4.11. The fraction of sp³-hybridized carbons (Fsp3) is 0.458. The summed E-state index contributed by atoms with van der Waals surface area (Å²) in [6.45, 7) is 4.74. The molecule has 0 bridgehead atoms. The molecule has 6 heteroatoms. The quantitative estimate of drug-likeness (QED) is 0.582. The first kappa shape index (κ1) is 23.5. The summed E-state index contributed by atoms with van der Waals surface area (Å²) in [6.07, 6.45) is 0. The second-order valence-electron chi connectivity index (χ2n) is 8.37. The zero-order valence-corrected chi connectivity index (χ0v) is 19.4. The Balaban J connectivity index is 2.43. The molecule has 0 aromatic heterocycles. The molecule has 2 rings (SSSR count). The molecule has 0 radical (unpaired) electrons. The maximum absolute atomic E-state index is 13.6. The van der Waals surface area contributed by atoms with Crippen molar-refractivity contribution in [2.24, 2.45) is 5.92 Å². The summed E-state index contributed by atoms with van der Waals surface area (Å²) < 4.78 is 17.1. The first-order valence-electron chi connectivity index (χ1n) is 10.1. The van der Waals surface area contributed by atoms with Crippen molar-refractivity contribution in [2.75, 3.05) is 47.4 Å². The number of amides is 1. The van der Waals surface area contributed by atoms with Gasteiger partial charge in [0.05, 0.1) is 41.0 Å². The van der Waals surface area contributed by atoms with Crippen LogP contribution in [0.4, 0.5) is 5.69 Å². The summed E-state index contributed by atoms with van der Waals surface area (Å²) in [5.41, 5.74) is 1.79. The van der Waals surface area contributed by atoms with Gasteiger partial charge >= 0.3 is 0 Å². The molecule has 30 heavy (non-hydrogen) atoms. The van der Waals surface area contributed by atoms with Crippen LogP contribution < -0.4 is 19.1 Å². The van der Waals surface area contributed by atoms with Crippen molar-refractivity contribution in [2.45, 2.75) is 26.4 Å². The van der Waals surface area contributed by atoms with Crippen molar-refractivity contribution in [3.05, 3.63) is 48.0 Å². The van der Waals surface area contributed by atoms with Gasteiger partial charge in [0.2, 0.25) is 0 Å². The van der Waals surface area contributed by atoms with Gasteiger partial charge in [-0.05, 0) is 12.1 Å². The molecule has 6 nitrogen and oxygen atoms in total. The normalized spacial score (nSPS) is 12.4. The molecule has 164 valence electrons. The molecule has 0 saturated heterocycles. The van der Waals surface area contributed by atoms with Crippen molar-refractivity contribution < 1.29 is 23.5 Å². The van der Waals surface area contributed by atoms with Crippen molar-refractivity contribution >= 4 is 11.6 Å². The van der Waals surface area contributed by atoms with Crippen LogP contribution in [0.3, 0.4) is 0 Å². The van der Waals surface area contributed by atoms with Gasteiger partial charge in [-0.25, -0.2) is 0 Å². The van der Waals surface area contributed by atoms with Crippen LogP contribution in [0.2, 0.25) is 0 Å². The Morgan fingerprint density at radius 1 is 0.967 bits per heavy atom. The second kappa shape index (κ2) is 9.85. The van der Waals surface area contributed by atoms with Crippen LogP contribution in [0.15, 0.2) is 42.5 Å². The van der Waals surface area contributed by atoms with Crippen LogP contribution in [0.1, 0.15) is 19.4 Å². The largest absolute Gasteiger partial charge is 0.496 e. The topological polar surface area (TPSA) is 48.0 Å². The smallest absolute Gasteiger partial charge is 0.285 e. The standard InChI is InChI=1S/C24H35N2O4/c1-17(2)23(24(27)25(3)18-12-10-9-11-13-18)26(4,5)16-20-21(29-7)14-19(28-6)15-22(20)30-8/h9-15,17,23H,16H2,1-8H3/q+1. The Morgan fingerprint density at radius 2 is 1.50 bits per heavy atom. The number of carbonyl (C=O) groups excluding carboxylic acids is 1. The molecule has 1 amide bonds. The second-order valence-corrected chi connectivity index (χ2v) is 8.37. The van der Waals surface area contributed by atoms with Gasteiger partial charge in [-0.2, -0.15) is 0 Å². The fourth-order valence-electron chi connectivity index (χ4n) is 4.11. The van der Waals surface area contributed by atoms with Gasteiger partial charge in [-0.3, -0.25) is 4.79 Å². The van der Waals surface area contributed by atoms with Gasteiger partial charge in [0, 0.05) is 30.8 Å². The first-order valence-corrected chi connectivity index (χ1v) is 10.1. The molecule has 0 saturated carbocycles. The van der Waals surface area contributed by atoms with E-state index in [0.717, 1.165) is 11.3 Å². The Hall–Kier alpha value is -2.73. The number of likely N-dealkylation sites (N-methyl/N-ethyl adjacent to an activating group) is 2. The minimum atomic E-state index is -0.258. The van der Waals surface area contributed by atoms with Gasteiger partial charge in [-0.15, -0.1) is 0 Å². The molecule has 0 aliphatic carbocycles. The highest BCUT2D eigenvalue weighted by atomic mass is 16.5. The van der Waals surface area contributed by atoms with Gasteiger partial charge in [0.15, 0.2) is 6.04 Å². The molecule has 0 aliphatic rings. The lowest BCUT2D eigenvalue weighted by Crippen LogP contribution is -2.58. The predicted molar refractivity (Wildman–Crippen MR) is 120 cm³/mol. The van der Waals surface area contributed by atoms with E-state index >= 15 is 0 Å². The molecular weight excluding hydrogens is 380 g/mol. The highest BCUT2D eigenvalue weighted by molar-refractivity contribution is 5.96. The van der Waals surface area contributed by atoms with Crippen molar-refractivity contribution in [1.29, 1.82) is 0 Å². The van der Waals surface area contributed by atoms with Gasteiger partial charge in [0.25, 0.3) is 5.91 Å². The minimum absolute atomic E-state index is 0.0765. The summed E-state index contributed by atoms with van der Waals surface area (Å²) in [6, 6.07) is 13.2. The molecule has 1 atom stereocenters. The lowest BCUT2D eigenvalue weighted by atomic mass is 9.97. The molecular formula is C24H35N2O4+. The maximum atomic E-state index is 13.6. The van der Waals surface area contributed by atoms with Crippen LogP contribution in [0.25, 0.3) is 0 Å². The molecule has 0 aliphatic heterocycles. The number of para-hydroxylation sites is 1. The number of carbonyl (C=O) groups is 1. The van der Waals surface area contributed by atoms with Gasteiger partial charge in [0.1, 0.15) is 23.8 Å². The predicted octanol–water partition coefficient (Wildman–Crippen LogP) is 3.98. The summed E-state index contributed by atoms with van der Waals surface area (Å²) in [7, 11) is 10.9. The molecule has 2 aromatic carbocycles. The van der Waals surface area contributed by atoms with E-state index in [4.69, 9.17) is 14.2 Å². The van der Waals surface area contributed by atoms with Crippen LogP contribution in [-0.4, -0.2) is 58.9 Å². The van der Waals surface area contributed by atoms with Crippen molar-refractivity contribution in [3.63, 3.8) is 0 Å². The number of benzene rings is 2. The van der Waals surface area contributed by atoms with E-state index in [-0.39, 0.29) is 17.9 Å². The number of hydrogen-bond donors (Lipinski definition) is 0. The molecule has 0 fully saturated rings. The maximum Gasteiger partial charge on any atom is 0.285 e. The van der Waals surface area contributed by atoms with Crippen molar-refractivity contribution in [3.8, 4) is 17.2 Å². The Morgan fingerprint density at radius 3 is 1.93 bits per heavy atom. The number of ether oxygens (including phenoxy) is 3. The van der Waals surface area contributed by atoms with Gasteiger partial charge < -0.3 is 23.6 Å². The molecule has 0 N–H and O–H groups in total. The summed E-state index contributed by atoms with van der Waals surface area (Å²) >= 11 is 0. The van der Waals surface area contributed by atoms with Gasteiger partial charge in [-0.1, -0.05) is 32.0 Å². The average molecular weight is 416 g/mol. The third-order valence-corrected chi connectivity index (χ3v) is 5.49. The van der Waals surface area contributed by atoms with E-state index in [2.05, 4.69) is 27.9 Å². The SMILES string of the molecule is COc1cc(OC)c(C[N+](C)(C)C(C(=O)N(C)c2ccccc2)C(C)C)c(OC)c1. The molecule has 2 aromatic rings. The number of anilines is 1. The zero-order valence-electron chi connectivity index (χ0n) is 19.4. The number of nitrogens with zero attached hydrogens (tertiary/aromatic N) is 2. The third-order valence-electron chi connectivity index (χ3n) is 5.49. The summed E-state index contributed by atoms with van der Waals surface area (Å²) in [4.78, 5) is 15.3. The molecule has 1 unspecified atom stereocenters. The summed E-state index contributed by atoms with van der Waals surface area (Å²) in [5, 5.41) is 0. The Bertz CT molecular complexity index is 825. The van der Waals surface area contributed by atoms with Crippen LogP contribution in [0.5, 0.6) is 17.2 Å². The minimum Gasteiger partial charge on any atom is -0.496 e. The molecule has 0 spiro atoms. The number of quaternary nitrogens is 1. The zero-order chi connectivity index (χ0) is 22.5. The Kier molecular flexibility index (Phi) is 7.73. The van der Waals surface area contributed by atoms with Crippen LogP contribution in [0, 0.1) is 5.92 Å². The number of rotatable bonds is 9. The monoisotopic (exact) mass is 415 g/mol. The van der Waals surface area contributed by atoms with E-state index < -0.39 is 0 Å². The lowest BCUT2D eigenvalue weighted by Gasteiger charge is -2.41.